The lowest BCUT2D eigenvalue weighted by molar-refractivity contribution is -0.129. The zero-order chi connectivity index (χ0) is 43.4. The van der Waals surface area contributed by atoms with Gasteiger partial charge in [0.1, 0.15) is 35.6 Å². The number of fused-ring (bicyclic) bond motifs is 9. The number of aliphatic hydroxyl groups is 4. The standard InChI is InChI=1S/C48H60N4O10/c1-28(56)23-50-26-51-25-48(60-27-49-2)22-40-39-19-32(17-29-5-10-41-30(16-29)11-12-52-41)38-21-34(57)6-8-36(38)43(39)46-37(9-7-35(24-55)61-46)45(40)62-47(48)33-18-31(4-3-13-53)44(58)42(20-33)59-15-14-54/h5-6,8,10-11,16,18,20-21,28,32,35,47,49-51,53-58H,3-4,7,9,12-15,17,19,22-27H2,1-2H3. The second kappa shape index (κ2) is 19.3. The Morgan fingerprint density at radius 2 is 1.84 bits per heavy atom. The van der Waals surface area contributed by atoms with Gasteiger partial charge < -0.3 is 60.2 Å². The van der Waals surface area contributed by atoms with Crippen LogP contribution in [0, 0.1) is 0 Å². The summed E-state index contributed by atoms with van der Waals surface area (Å²) in [5.74, 6) is 1.67. The van der Waals surface area contributed by atoms with Crippen LogP contribution in [-0.4, -0.2) is 115 Å². The summed E-state index contributed by atoms with van der Waals surface area (Å²) < 4.78 is 27.1. The lowest BCUT2D eigenvalue weighted by atomic mass is 9.70. The molecule has 3 aliphatic heterocycles. The average molecular weight is 853 g/mol. The minimum Gasteiger partial charge on any atom is -0.508 e. The van der Waals surface area contributed by atoms with E-state index in [1.54, 1.807) is 19.1 Å². The molecular weight excluding hydrogens is 793 g/mol. The van der Waals surface area contributed by atoms with Gasteiger partial charge in [-0.25, -0.2) is 0 Å². The van der Waals surface area contributed by atoms with Crippen molar-refractivity contribution in [3.8, 4) is 39.9 Å². The summed E-state index contributed by atoms with van der Waals surface area (Å²) in [5.41, 5.74) is 7.23. The number of benzene rings is 4. The van der Waals surface area contributed by atoms with Crippen LogP contribution in [0.3, 0.4) is 0 Å². The quantitative estimate of drug-likeness (QED) is 0.0491. The Morgan fingerprint density at radius 1 is 0.968 bits per heavy atom. The second-order valence-electron chi connectivity index (χ2n) is 17.0. The number of nitrogens with one attached hydrogen (secondary N) is 3. The topological polar surface area (TPSA) is 207 Å². The fraction of sp³-hybridized carbons (Fsp3) is 0.479. The minimum atomic E-state index is -1.07. The normalized spacial score (nSPS) is 21.2. The molecule has 9 N–H and O–H groups in total. The smallest absolute Gasteiger partial charge is 0.161 e. The Bertz CT molecular complexity index is 2340. The molecule has 0 amide bonds. The number of ether oxygens (including phenoxy) is 4. The molecule has 0 fully saturated rings. The molecule has 0 saturated carbocycles. The van der Waals surface area contributed by atoms with Gasteiger partial charge in [-0.2, -0.15) is 0 Å². The molecule has 3 heterocycles. The molecule has 14 nitrogen and oxygen atoms in total. The van der Waals surface area contributed by atoms with E-state index in [-0.39, 0.29) is 56.3 Å². The highest BCUT2D eigenvalue weighted by molar-refractivity contribution is 5.85. The maximum absolute atomic E-state index is 11.4. The van der Waals surface area contributed by atoms with Gasteiger partial charge in [-0.05, 0) is 133 Å². The molecule has 5 unspecified atom stereocenters. The van der Waals surface area contributed by atoms with Crippen molar-refractivity contribution in [3.05, 3.63) is 98.1 Å². The molecule has 0 saturated heterocycles. The van der Waals surface area contributed by atoms with Gasteiger partial charge in [0.05, 0.1) is 38.0 Å². The molecule has 5 atom stereocenters. The summed E-state index contributed by atoms with van der Waals surface area (Å²) in [6.07, 6.45) is 4.10. The minimum absolute atomic E-state index is 0.0223. The molecule has 4 aromatic carbocycles. The molecule has 4 aromatic rings. The van der Waals surface area contributed by atoms with Crippen molar-refractivity contribution in [2.75, 3.05) is 66.5 Å². The fourth-order valence-electron chi connectivity index (χ4n) is 9.68. The summed E-state index contributed by atoms with van der Waals surface area (Å²) in [6, 6.07) is 15.7. The zero-order valence-electron chi connectivity index (χ0n) is 35.6. The first kappa shape index (κ1) is 43.9. The van der Waals surface area contributed by atoms with Gasteiger partial charge in [0, 0.05) is 49.5 Å². The lowest BCUT2D eigenvalue weighted by Crippen LogP contribution is -2.56. The molecule has 0 radical (unpaired) electrons. The molecule has 14 heteroatoms. The van der Waals surface area contributed by atoms with Gasteiger partial charge in [-0.15, -0.1) is 0 Å². The van der Waals surface area contributed by atoms with Crippen LogP contribution in [0.4, 0.5) is 0 Å². The summed E-state index contributed by atoms with van der Waals surface area (Å²) in [6.45, 7) is 3.16. The number of phenolic OH excluding ortho intramolecular Hbond substituents is 2. The predicted molar refractivity (Wildman–Crippen MR) is 234 cm³/mol. The van der Waals surface area contributed by atoms with E-state index >= 15 is 0 Å². The van der Waals surface area contributed by atoms with Crippen LogP contribution in [0.1, 0.15) is 70.7 Å². The van der Waals surface area contributed by atoms with Crippen molar-refractivity contribution in [3.63, 3.8) is 0 Å². The Labute approximate surface area is 361 Å². The number of nitrogens with zero attached hydrogens (tertiary/aromatic N) is 1. The number of aliphatic hydroxyl groups excluding tert-OH is 4. The summed E-state index contributed by atoms with van der Waals surface area (Å²) in [7, 11) is 1.82. The highest BCUT2D eigenvalue weighted by atomic mass is 16.6. The SMILES string of the molecule is CNCOC1(CNCNCC(C)O)Cc2c3c(c4c(c2OC1c1cc(CCCO)c(O)c(OCCO)c1)CCC(CO)O4)-c1ccc(O)cc1C(Cc1ccc2c(c1)=CCN=2)C3. The maximum Gasteiger partial charge on any atom is 0.161 e. The van der Waals surface area contributed by atoms with E-state index in [0.717, 1.165) is 44.0 Å². The van der Waals surface area contributed by atoms with E-state index in [9.17, 15) is 30.6 Å². The molecule has 1 aliphatic carbocycles. The highest BCUT2D eigenvalue weighted by Gasteiger charge is 2.50. The molecule has 62 heavy (non-hydrogen) atoms. The Balaban J connectivity index is 1.32. The third-order valence-electron chi connectivity index (χ3n) is 12.5. The number of phenols is 2. The molecule has 8 rings (SSSR count). The number of aryl methyl sites for hydroxylation is 1. The Kier molecular flexibility index (Phi) is 13.7. The Morgan fingerprint density at radius 3 is 2.63 bits per heavy atom. The molecule has 0 spiro atoms. The van der Waals surface area contributed by atoms with Gasteiger partial charge in [-0.3, -0.25) is 10.3 Å². The summed E-state index contributed by atoms with van der Waals surface area (Å²) in [5, 5.41) is 74.4. The van der Waals surface area contributed by atoms with E-state index in [2.05, 4.69) is 45.2 Å². The first-order valence-corrected chi connectivity index (χ1v) is 21.9. The first-order chi connectivity index (χ1) is 30.2. The van der Waals surface area contributed by atoms with E-state index in [4.69, 9.17) is 18.9 Å². The van der Waals surface area contributed by atoms with Gasteiger partial charge in [0.15, 0.2) is 17.6 Å². The summed E-state index contributed by atoms with van der Waals surface area (Å²) >= 11 is 0. The second-order valence-corrected chi connectivity index (χ2v) is 17.0. The van der Waals surface area contributed by atoms with E-state index in [1.165, 1.54) is 5.56 Å². The van der Waals surface area contributed by atoms with E-state index in [1.807, 2.05) is 25.2 Å². The third kappa shape index (κ3) is 8.88. The highest BCUT2D eigenvalue weighted by Crippen LogP contribution is 2.58. The molecular formula is C48H60N4O10. The van der Waals surface area contributed by atoms with Crippen molar-refractivity contribution >= 4 is 6.08 Å². The largest absolute Gasteiger partial charge is 0.508 e. The molecule has 332 valence electrons. The van der Waals surface area contributed by atoms with Crippen molar-refractivity contribution in [2.45, 2.75) is 81.7 Å². The van der Waals surface area contributed by atoms with Gasteiger partial charge in [-0.1, -0.05) is 18.2 Å². The van der Waals surface area contributed by atoms with Gasteiger partial charge in [0.25, 0.3) is 0 Å². The zero-order valence-corrected chi connectivity index (χ0v) is 35.6. The Hall–Kier alpha value is -4.77. The van der Waals surface area contributed by atoms with Crippen LogP contribution in [-0.2, 0) is 36.8 Å². The van der Waals surface area contributed by atoms with Crippen molar-refractivity contribution in [1.29, 1.82) is 0 Å². The van der Waals surface area contributed by atoms with Gasteiger partial charge in [0.2, 0.25) is 0 Å². The van der Waals surface area contributed by atoms with Crippen molar-refractivity contribution in [2.24, 2.45) is 4.99 Å². The fourth-order valence-corrected chi connectivity index (χ4v) is 9.68. The number of rotatable bonds is 19. The van der Waals surface area contributed by atoms with Crippen molar-refractivity contribution in [1.82, 2.24) is 16.0 Å². The molecule has 4 aliphatic rings. The van der Waals surface area contributed by atoms with Crippen LogP contribution in [0.5, 0.6) is 28.7 Å². The monoisotopic (exact) mass is 852 g/mol. The van der Waals surface area contributed by atoms with Crippen LogP contribution in [0.25, 0.3) is 17.2 Å². The van der Waals surface area contributed by atoms with E-state index in [0.29, 0.717) is 93.9 Å². The molecule has 0 aromatic heterocycles. The number of aromatic hydroxyl groups is 2. The number of hydrogen-bond donors (Lipinski definition) is 9. The van der Waals surface area contributed by atoms with E-state index < -0.39 is 23.9 Å². The van der Waals surface area contributed by atoms with Crippen LogP contribution >= 0.6 is 0 Å². The maximum atomic E-state index is 11.4. The van der Waals surface area contributed by atoms with Crippen molar-refractivity contribution < 1.29 is 49.6 Å². The van der Waals surface area contributed by atoms with Crippen LogP contribution < -0.4 is 40.7 Å². The molecule has 0 bridgehead atoms. The van der Waals surface area contributed by atoms with Crippen LogP contribution in [0.2, 0.25) is 0 Å². The summed E-state index contributed by atoms with van der Waals surface area (Å²) in [4.78, 5) is 4.60. The van der Waals surface area contributed by atoms with Crippen LogP contribution in [0.15, 0.2) is 53.5 Å². The number of hydrogen-bond acceptors (Lipinski definition) is 14. The third-order valence-corrected chi connectivity index (χ3v) is 12.5. The first-order valence-electron chi connectivity index (χ1n) is 21.9. The predicted octanol–water partition coefficient (Wildman–Crippen LogP) is 2.17. The van der Waals surface area contributed by atoms with Gasteiger partial charge >= 0.3 is 0 Å². The average Bonchev–Trinajstić information content (AvgIpc) is 3.75. The lowest BCUT2D eigenvalue weighted by Gasteiger charge is -2.47.